The second kappa shape index (κ2) is 6.88. The average Bonchev–Trinajstić information content (AvgIpc) is 2.53. The van der Waals surface area contributed by atoms with Gasteiger partial charge in [0.25, 0.3) is 5.91 Å². The third-order valence-electron chi connectivity index (χ3n) is 2.79. The summed E-state index contributed by atoms with van der Waals surface area (Å²) in [4.78, 5) is 15.3. The van der Waals surface area contributed by atoms with Crippen LogP contribution in [0.4, 0.5) is 13.2 Å². The van der Waals surface area contributed by atoms with Gasteiger partial charge in [-0.05, 0) is 30.5 Å². The molecule has 0 bridgehead atoms. The monoisotopic (exact) mass is 343 g/mol. The van der Waals surface area contributed by atoms with E-state index >= 15 is 0 Å². The Morgan fingerprint density at radius 3 is 2.65 bits per heavy atom. The predicted octanol–water partition coefficient (Wildman–Crippen LogP) is 3.22. The van der Waals surface area contributed by atoms with Crippen molar-refractivity contribution >= 4 is 17.7 Å². The van der Waals surface area contributed by atoms with Gasteiger partial charge in [-0.15, -0.1) is 11.8 Å². The van der Waals surface area contributed by atoms with Crippen LogP contribution in [0.2, 0.25) is 0 Å². The number of carbonyl (C=O) groups is 1. The third kappa shape index (κ3) is 4.14. The van der Waals surface area contributed by atoms with E-state index in [9.17, 15) is 18.0 Å². The smallest absolute Gasteiger partial charge is 0.417 e. The first-order valence-electron chi connectivity index (χ1n) is 6.26. The maximum Gasteiger partial charge on any atom is 0.417 e. The van der Waals surface area contributed by atoms with Gasteiger partial charge < -0.3 is 4.74 Å². The summed E-state index contributed by atoms with van der Waals surface area (Å²) in [5, 5.41) is 0. The molecule has 0 radical (unpaired) electrons. The molecule has 3 N–H and O–H groups in total. The van der Waals surface area contributed by atoms with E-state index in [-0.39, 0.29) is 22.2 Å². The molecule has 122 valence electrons. The van der Waals surface area contributed by atoms with Crippen LogP contribution in [0, 0.1) is 0 Å². The van der Waals surface area contributed by atoms with E-state index in [0.717, 1.165) is 17.8 Å². The molecule has 0 unspecified atom stereocenters. The molecule has 1 aromatic heterocycles. The van der Waals surface area contributed by atoms with Crippen LogP contribution in [-0.4, -0.2) is 17.1 Å². The number of nitrogen functional groups attached to an aromatic ring is 1. The fourth-order valence-electron chi connectivity index (χ4n) is 1.76. The van der Waals surface area contributed by atoms with Crippen LogP contribution in [0.3, 0.4) is 0 Å². The van der Waals surface area contributed by atoms with Crippen LogP contribution in [0.15, 0.2) is 41.3 Å². The molecule has 23 heavy (non-hydrogen) atoms. The Balaban J connectivity index is 2.32. The minimum absolute atomic E-state index is 0.0122. The quantitative estimate of drug-likeness (QED) is 0.386. The lowest BCUT2D eigenvalue weighted by Gasteiger charge is -2.13. The molecule has 5 nitrogen and oxygen atoms in total. The summed E-state index contributed by atoms with van der Waals surface area (Å²) in [7, 11) is 0. The van der Waals surface area contributed by atoms with Crippen LogP contribution >= 0.6 is 11.8 Å². The van der Waals surface area contributed by atoms with E-state index in [0.29, 0.717) is 0 Å². The fraction of sp³-hybridized carbons (Fsp3) is 0.143. The number of nitrogens with two attached hydrogens (primary N) is 1. The highest BCUT2D eigenvalue weighted by Gasteiger charge is 2.33. The van der Waals surface area contributed by atoms with E-state index in [1.807, 2.05) is 5.43 Å². The van der Waals surface area contributed by atoms with Gasteiger partial charge in [-0.2, -0.15) is 13.2 Å². The molecule has 9 heteroatoms. The molecule has 0 aliphatic heterocycles. The van der Waals surface area contributed by atoms with Crippen molar-refractivity contribution in [3.8, 4) is 11.6 Å². The first-order chi connectivity index (χ1) is 10.8. The van der Waals surface area contributed by atoms with E-state index in [1.165, 1.54) is 30.3 Å². The zero-order valence-electron chi connectivity index (χ0n) is 11.8. The van der Waals surface area contributed by atoms with Gasteiger partial charge in [0.15, 0.2) is 0 Å². The van der Waals surface area contributed by atoms with Crippen LogP contribution in [-0.2, 0) is 6.18 Å². The lowest BCUT2D eigenvalue weighted by Crippen LogP contribution is -2.30. The van der Waals surface area contributed by atoms with Gasteiger partial charge in [0.05, 0.1) is 5.56 Å². The van der Waals surface area contributed by atoms with E-state index < -0.39 is 17.6 Å². The molecular weight excluding hydrogens is 331 g/mol. The van der Waals surface area contributed by atoms with Crippen molar-refractivity contribution < 1.29 is 22.7 Å². The number of hydrogen-bond donors (Lipinski definition) is 2. The summed E-state index contributed by atoms with van der Waals surface area (Å²) < 4.78 is 44.4. The minimum atomic E-state index is -4.49. The van der Waals surface area contributed by atoms with Gasteiger partial charge in [-0.3, -0.25) is 10.2 Å². The molecule has 1 heterocycles. The third-order valence-corrected chi connectivity index (χ3v) is 3.58. The fourth-order valence-corrected chi connectivity index (χ4v) is 2.36. The van der Waals surface area contributed by atoms with Crippen LogP contribution in [0.5, 0.6) is 11.6 Å². The number of ether oxygens (including phenoxy) is 1. The van der Waals surface area contributed by atoms with Crippen molar-refractivity contribution in [1.29, 1.82) is 0 Å². The lowest BCUT2D eigenvalue weighted by molar-refractivity contribution is -0.139. The predicted molar refractivity (Wildman–Crippen MR) is 79.2 cm³/mol. The first-order valence-corrected chi connectivity index (χ1v) is 7.48. The number of carbonyl (C=O) groups excluding carboxylic acids is 1. The standard InChI is InChI=1S/C14H12F3N3O2S/c1-23-11-6-5-8(7-9(11)14(15,16)17)22-12-4-2-3-10(19-12)13(21)20-18/h2-7H,18H2,1H3,(H,20,21). The maximum absolute atomic E-state index is 13.0. The number of nitrogens with one attached hydrogen (secondary N) is 1. The number of aromatic nitrogens is 1. The Morgan fingerprint density at radius 1 is 1.30 bits per heavy atom. The summed E-state index contributed by atoms with van der Waals surface area (Å²) >= 11 is 0.989. The summed E-state index contributed by atoms with van der Waals surface area (Å²) in [5.74, 6) is 4.31. The molecule has 0 atom stereocenters. The van der Waals surface area contributed by atoms with Crippen LogP contribution in [0.25, 0.3) is 0 Å². The number of amides is 1. The number of nitrogens with zero attached hydrogens (tertiary/aromatic N) is 1. The Hall–Kier alpha value is -2.26. The van der Waals surface area contributed by atoms with Gasteiger partial charge in [-0.1, -0.05) is 6.07 Å². The Morgan fingerprint density at radius 2 is 2.04 bits per heavy atom. The molecule has 0 aliphatic rings. The number of benzene rings is 1. The van der Waals surface area contributed by atoms with Crippen molar-refractivity contribution in [2.24, 2.45) is 5.84 Å². The summed E-state index contributed by atoms with van der Waals surface area (Å²) in [6.45, 7) is 0. The van der Waals surface area contributed by atoms with Crippen molar-refractivity contribution in [2.75, 3.05) is 6.26 Å². The van der Waals surface area contributed by atoms with Gasteiger partial charge in [-0.25, -0.2) is 10.8 Å². The Kier molecular flexibility index (Phi) is 5.12. The Labute approximate surface area is 134 Å². The number of rotatable bonds is 4. The molecule has 0 saturated heterocycles. The van der Waals surface area contributed by atoms with E-state index in [2.05, 4.69) is 4.98 Å². The maximum atomic E-state index is 13.0. The van der Waals surface area contributed by atoms with E-state index in [4.69, 9.17) is 10.6 Å². The molecule has 1 aromatic carbocycles. The number of hydrazine groups is 1. The van der Waals surface area contributed by atoms with Crippen LogP contribution in [0.1, 0.15) is 16.1 Å². The zero-order valence-corrected chi connectivity index (χ0v) is 12.7. The van der Waals surface area contributed by atoms with Gasteiger partial charge in [0, 0.05) is 11.0 Å². The number of thioether (sulfide) groups is 1. The number of hydrogen-bond acceptors (Lipinski definition) is 5. The molecule has 0 fully saturated rings. The van der Waals surface area contributed by atoms with Crippen molar-refractivity contribution in [3.63, 3.8) is 0 Å². The number of pyridine rings is 1. The lowest BCUT2D eigenvalue weighted by atomic mass is 10.2. The molecule has 1 amide bonds. The normalized spacial score (nSPS) is 11.2. The van der Waals surface area contributed by atoms with Crippen molar-refractivity contribution in [1.82, 2.24) is 10.4 Å². The second-order valence-electron chi connectivity index (χ2n) is 4.30. The highest BCUT2D eigenvalue weighted by Crippen LogP contribution is 2.38. The first kappa shape index (κ1) is 17.1. The largest absolute Gasteiger partial charge is 0.439 e. The number of halogens is 3. The molecule has 2 aromatic rings. The van der Waals surface area contributed by atoms with Crippen molar-refractivity contribution in [3.05, 3.63) is 47.7 Å². The number of alkyl halides is 3. The topological polar surface area (TPSA) is 77.2 Å². The van der Waals surface area contributed by atoms with Crippen LogP contribution < -0.4 is 16.0 Å². The molecule has 0 spiro atoms. The summed E-state index contributed by atoms with van der Waals surface area (Å²) in [6, 6.07) is 7.91. The SMILES string of the molecule is CSc1ccc(Oc2cccc(C(=O)NN)n2)cc1C(F)(F)F. The van der Waals surface area contributed by atoms with Gasteiger partial charge in [0.2, 0.25) is 5.88 Å². The summed E-state index contributed by atoms with van der Waals surface area (Å²) in [6.07, 6.45) is -2.94. The average molecular weight is 343 g/mol. The van der Waals surface area contributed by atoms with Gasteiger partial charge in [0.1, 0.15) is 11.4 Å². The Bertz CT molecular complexity index is 723. The highest BCUT2D eigenvalue weighted by atomic mass is 32.2. The highest BCUT2D eigenvalue weighted by molar-refractivity contribution is 7.98. The summed E-state index contributed by atoms with van der Waals surface area (Å²) in [5.41, 5.74) is 1.10. The molecular formula is C14H12F3N3O2S. The van der Waals surface area contributed by atoms with Crippen molar-refractivity contribution in [2.45, 2.75) is 11.1 Å². The molecule has 0 aliphatic carbocycles. The minimum Gasteiger partial charge on any atom is -0.439 e. The molecule has 2 rings (SSSR count). The van der Waals surface area contributed by atoms with Gasteiger partial charge >= 0.3 is 6.18 Å². The van der Waals surface area contributed by atoms with E-state index in [1.54, 1.807) is 6.26 Å². The molecule has 0 saturated carbocycles. The zero-order chi connectivity index (χ0) is 17.0. The second-order valence-corrected chi connectivity index (χ2v) is 5.14.